The van der Waals surface area contributed by atoms with Crippen molar-refractivity contribution >= 4 is 38.1 Å². The first-order valence-electron chi connectivity index (χ1n) is 4.04. The van der Waals surface area contributed by atoms with Crippen molar-refractivity contribution in [3.8, 4) is 0 Å². The predicted molar refractivity (Wildman–Crippen MR) is 62.1 cm³/mol. The van der Waals surface area contributed by atoms with Gasteiger partial charge in [0, 0.05) is 23.5 Å². The van der Waals surface area contributed by atoms with E-state index in [0.29, 0.717) is 0 Å². The van der Waals surface area contributed by atoms with Crippen LogP contribution in [-0.4, -0.2) is 9.97 Å². The van der Waals surface area contributed by atoms with Gasteiger partial charge in [0.05, 0.1) is 10.2 Å². The van der Waals surface area contributed by atoms with Crippen LogP contribution in [0.1, 0.15) is 4.88 Å². The topological polar surface area (TPSA) is 37.8 Å². The quantitative estimate of drug-likeness (QED) is 0.909. The summed E-state index contributed by atoms with van der Waals surface area (Å²) in [6.45, 7) is 2.03. The SMILES string of the molecule is Cc1cnc(Nc2ccncc2Br)s1. The molecule has 0 bridgehead atoms. The maximum atomic E-state index is 4.22. The molecule has 0 aliphatic carbocycles. The number of thiazole rings is 1. The third-order valence-corrected chi connectivity index (χ3v) is 3.10. The van der Waals surface area contributed by atoms with E-state index < -0.39 is 0 Å². The third kappa shape index (κ3) is 2.10. The molecule has 0 radical (unpaired) electrons. The van der Waals surface area contributed by atoms with Crippen molar-refractivity contribution in [2.24, 2.45) is 0 Å². The Balaban J connectivity index is 2.23. The van der Waals surface area contributed by atoms with Crippen molar-refractivity contribution in [3.63, 3.8) is 0 Å². The maximum Gasteiger partial charge on any atom is 0.187 e. The Morgan fingerprint density at radius 1 is 1.43 bits per heavy atom. The molecule has 3 nitrogen and oxygen atoms in total. The number of hydrogen-bond acceptors (Lipinski definition) is 4. The zero-order valence-corrected chi connectivity index (χ0v) is 9.89. The lowest BCUT2D eigenvalue weighted by Gasteiger charge is -2.03. The number of aromatic nitrogens is 2. The first kappa shape index (κ1) is 9.61. The summed E-state index contributed by atoms with van der Waals surface area (Å²) < 4.78 is 0.938. The molecule has 0 atom stereocenters. The lowest BCUT2D eigenvalue weighted by Crippen LogP contribution is -1.90. The molecule has 5 heteroatoms. The molecule has 2 rings (SSSR count). The van der Waals surface area contributed by atoms with E-state index >= 15 is 0 Å². The minimum absolute atomic E-state index is 0.898. The average Bonchev–Trinajstić information content (AvgIpc) is 2.56. The minimum Gasteiger partial charge on any atom is -0.330 e. The van der Waals surface area contributed by atoms with Crippen molar-refractivity contribution in [1.29, 1.82) is 0 Å². The van der Waals surface area contributed by atoms with Gasteiger partial charge in [0.25, 0.3) is 0 Å². The summed E-state index contributed by atoms with van der Waals surface area (Å²) in [6, 6.07) is 1.90. The van der Waals surface area contributed by atoms with Gasteiger partial charge in [0.2, 0.25) is 0 Å². The van der Waals surface area contributed by atoms with Crippen molar-refractivity contribution in [2.75, 3.05) is 5.32 Å². The van der Waals surface area contributed by atoms with E-state index in [9.17, 15) is 0 Å². The summed E-state index contributed by atoms with van der Waals surface area (Å²) in [5.41, 5.74) is 0.981. The van der Waals surface area contributed by atoms with Crippen LogP contribution >= 0.6 is 27.3 Å². The summed E-state index contributed by atoms with van der Waals surface area (Å²) in [5, 5.41) is 4.11. The molecule has 72 valence electrons. The van der Waals surface area contributed by atoms with Crippen LogP contribution in [0.4, 0.5) is 10.8 Å². The summed E-state index contributed by atoms with van der Waals surface area (Å²) in [5.74, 6) is 0. The van der Waals surface area contributed by atoms with Gasteiger partial charge in [0.1, 0.15) is 0 Å². The Morgan fingerprint density at radius 3 is 2.93 bits per heavy atom. The van der Waals surface area contributed by atoms with E-state index in [1.54, 1.807) is 23.7 Å². The number of nitrogens with one attached hydrogen (secondary N) is 1. The average molecular weight is 270 g/mol. The fraction of sp³-hybridized carbons (Fsp3) is 0.111. The van der Waals surface area contributed by atoms with Gasteiger partial charge in [-0.1, -0.05) is 0 Å². The lowest BCUT2D eigenvalue weighted by molar-refractivity contribution is 1.29. The van der Waals surface area contributed by atoms with E-state index in [2.05, 4.69) is 31.2 Å². The summed E-state index contributed by atoms with van der Waals surface area (Å²) in [7, 11) is 0. The van der Waals surface area contributed by atoms with Crippen molar-refractivity contribution in [2.45, 2.75) is 6.92 Å². The maximum absolute atomic E-state index is 4.22. The third-order valence-electron chi connectivity index (χ3n) is 1.64. The van der Waals surface area contributed by atoms with Gasteiger partial charge in [-0.15, -0.1) is 11.3 Å². The Hall–Kier alpha value is -0.940. The number of anilines is 2. The monoisotopic (exact) mass is 269 g/mol. The normalized spacial score (nSPS) is 10.1. The molecule has 14 heavy (non-hydrogen) atoms. The standard InChI is InChI=1S/C9H8BrN3S/c1-6-4-12-9(14-6)13-8-2-3-11-5-7(8)10/h2-5H,1H3,(H,11,12,13). The zero-order valence-electron chi connectivity index (χ0n) is 7.49. The molecule has 0 spiro atoms. The molecule has 0 amide bonds. The molecule has 2 heterocycles. The van der Waals surface area contributed by atoms with E-state index in [0.717, 1.165) is 15.3 Å². The molecule has 2 aromatic heterocycles. The fourth-order valence-electron chi connectivity index (χ4n) is 1.00. The molecule has 0 aliphatic heterocycles. The molecule has 0 aliphatic rings. The molecule has 0 aromatic carbocycles. The molecule has 0 unspecified atom stereocenters. The van der Waals surface area contributed by atoms with Crippen LogP contribution in [-0.2, 0) is 0 Å². The fourth-order valence-corrected chi connectivity index (χ4v) is 2.03. The van der Waals surface area contributed by atoms with Crippen LogP contribution in [0, 0.1) is 6.92 Å². The molecular weight excluding hydrogens is 262 g/mol. The molecule has 0 saturated carbocycles. The molecule has 2 aromatic rings. The Labute approximate surface area is 94.4 Å². The number of aryl methyl sites for hydroxylation is 1. The highest BCUT2D eigenvalue weighted by Gasteiger charge is 2.01. The first-order valence-corrected chi connectivity index (χ1v) is 5.65. The molecule has 0 fully saturated rings. The van der Waals surface area contributed by atoms with Crippen LogP contribution in [0.25, 0.3) is 0 Å². The van der Waals surface area contributed by atoms with E-state index in [1.807, 2.05) is 19.2 Å². The Bertz CT molecular complexity index is 441. The van der Waals surface area contributed by atoms with Gasteiger partial charge in [-0.25, -0.2) is 4.98 Å². The second-order valence-electron chi connectivity index (χ2n) is 2.76. The first-order chi connectivity index (χ1) is 6.75. The second kappa shape index (κ2) is 4.06. The number of pyridine rings is 1. The van der Waals surface area contributed by atoms with Crippen molar-refractivity contribution in [3.05, 3.63) is 34.0 Å². The Morgan fingerprint density at radius 2 is 2.29 bits per heavy atom. The number of rotatable bonds is 2. The van der Waals surface area contributed by atoms with Gasteiger partial charge < -0.3 is 5.32 Å². The van der Waals surface area contributed by atoms with Gasteiger partial charge in [-0.3, -0.25) is 4.98 Å². The smallest absolute Gasteiger partial charge is 0.187 e. The predicted octanol–water partition coefficient (Wildman–Crippen LogP) is 3.35. The van der Waals surface area contributed by atoms with E-state index in [-0.39, 0.29) is 0 Å². The van der Waals surface area contributed by atoms with Crippen LogP contribution < -0.4 is 5.32 Å². The minimum atomic E-state index is 0.898. The molecule has 0 saturated heterocycles. The summed E-state index contributed by atoms with van der Waals surface area (Å²) in [4.78, 5) is 9.40. The van der Waals surface area contributed by atoms with Gasteiger partial charge in [0.15, 0.2) is 5.13 Å². The van der Waals surface area contributed by atoms with E-state index in [1.165, 1.54) is 4.88 Å². The highest BCUT2D eigenvalue weighted by molar-refractivity contribution is 9.10. The van der Waals surface area contributed by atoms with Crippen LogP contribution in [0.2, 0.25) is 0 Å². The zero-order chi connectivity index (χ0) is 9.97. The number of halogens is 1. The summed E-state index contributed by atoms with van der Waals surface area (Å²) >= 11 is 5.04. The van der Waals surface area contributed by atoms with Crippen LogP contribution in [0.3, 0.4) is 0 Å². The van der Waals surface area contributed by atoms with Gasteiger partial charge >= 0.3 is 0 Å². The van der Waals surface area contributed by atoms with Crippen LogP contribution in [0.5, 0.6) is 0 Å². The van der Waals surface area contributed by atoms with Gasteiger partial charge in [-0.05, 0) is 28.9 Å². The lowest BCUT2D eigenvalue weighted by atomic mass is 10.4. The highest BCUT2D eigenvalue weighted by Crippen LogP contribution is 2.26. The Kier molecular flexibility index (Phi) is 2.79. The van der Waals surface area contributed by atoms with E-state index in [4.69, 9.17) is 0 Å². The molecule has 1 N–H and O–H groups in total. The van der Waals surface area contributed by atoms with Crippen LogP contribution in [0.15, 0.2) is 29.1 Å². The molecular formula is C9H8BrN3S. The number of hydrogen-bond donors (Lipinski definition) is 1. The summed E-state index contributed by atoms with van der Waals surface area (Å²) in [6.07, 6.45) is 5.35. The highest BCUT2D eigenvalue weighted by atomic mass is 79.9. The van der Waals surface area contributed by atoms with Crippen molar-refractivity contribution < 1.29 is 0 Å². The van der Waals surface area contributed by atoms with Crippen molar-refractivity contribution in [1.82, 2.24) is 9.97 Å². The number of nitrogens with zero attached hydrogens (tertiary/aromatic N) is 2. The second-order valence-corrected chi connectivity index (χ2v) is 4.85. The van der Waals surface area contributed by atoms with Gasteiger partial charge in [-0.2, -0.15) is 0 Å². The largest absolute Gasteiger partial charge is 0.330 e.